The Balaban J connectivity index is 2.96. The van der Waals surface area contributed by atoms with Gasteiger partial charge in [0.15, 0.2) is 5.78 Å². The van der Waals surface area contributed by atoms with Crippen molar-refractivity contribution in [2.75, 3.05) is 0 Å². The number of alkyl halides is 3. The highest BCUT2D eigenvalue weighted by molar-refractivity contribution is 6.09. The molecule has 0 spiro atoms. The molecule has 0 N–H and O–H groups in total. The first-order valence-electron chi connectivity index (χ1n) is 3.88. The van der Waals surface area contributed by atoms with Crippen LogP contribution in [0.3, 0.4) is 0 Å². The Morgan fingerprint density at radius 3 is 2.00 bits per heavy atom. The van der Waals surface area contributed by atoms with Gasteiger partial charge >= 0.3 is 6.18 Å². The summed E-state index contributed by atoms with van der Waals surface area (Å²) < 4.78 is 48.6. The molecule has 0 amide bonds. The lowest BCUT2D eigenvalue weighted by Crippen LogP contribution is -2.19. The van der Waals surface area contributed by atoms with E-state index in [0.29, 0.717) is 0 Å². The predicted molar refractivity (Wildman–Crippen MR) is 45.9 cm³/mol. The van der Waals surface area contributed by atoms with E-state index in [9.17, 15) is 22.4 Å². The van der Waals surface area contributed by atoms with E-state index in [0.717, 1.165) is 24.3 Å². The molecule has 0 bridgehead atoms. The number of ketones is 1. The molecule has 0 fully saturated rings. The van der Waals surface area contributed by atoms with E-state index >= 15 is 0 Å². The van der Waals surface area contributed by atoms with Gasteiger partial charge in [0.25, 0.3) is 0 Å². The number of rotatable bonds is 2. The number of benzene rings is 1. The maximum Gasteiger partial charge on any atom is 0.419 e. The third kappa shape index (κ3) is 2.65. The van der Waals surface area contributed by atoms with Crippen molar-refractivity contribution in [3.8, 4) is 0 Å². The van der Waals surface area contributed by atoms with Crippen molar-refractivity contribution in [1.29, 1.82) is 0 Å². The molecule has 0 atom stereocenters. The molecule has 1 aromatic carbocycles. The average molecular weight is 218 g/mol. The molecule has 0 aromatic heterocycles. The van der Waals surface area contributed by atoms with Crippen LogP contribution in [-0.2, 0) is 0 Å². The minimum absolute atomic E-state index is 0.237. The fourth-order valence-electron chi connectivity index (χ4n) is 0.904. The molecule has 1 aromatic rings. The lowest BCUT2D eigenvalue weighted by Gasteiger charge is -2.08. The van der Waals surface area contributed by atoms with Crippen LogP contribution in [0.2, 0.25) is 0 Å². The molecule has 0 heterocycles. The Labute approximate surface area is 83.0 Å². The molecule has 1 nitrogen and oxygen atoms in total. The van der Waals surface area contributed by atoms with Crippen LogP contribution in [0.5, 0.6) is 0 Å². The van der Waals surface area contributed by atoms with Crippen molar-refractivity contribution in [2.45, 2.75) is 6.18 Å². The number of hydrogen-bond donors (Lipinski definition) is 0. The van der Waals surface area contributed by atoms with Crippen molar-refractivity contribution >= 4 is 5.78 Å². The van der Waals surface area contributed by atoms with Crippen molar-refractivity contribution < 1.29 is 22.4 Å². The summed E-state index contributed by atoms with van der Waals surface area (Å²) in [6, 6.07) is 3.79. The monoisotopic (exact) mass is 218 g/mol. The van der Waals surface area contributed by atoms with Gasteiger partial charge in [-0.25, -0.2) is 4.39 Å². The fraction of sp³-hybridized carbons (Fsp3) is 0.100. The van der Waals surface area contributed by atoms with E-state index in [4.69, 9.17) is 0 Å². The van der Waals surface area contributed by atoms with Crippen LogP contribution in [0.1, 0.15) is 10.4 Å². The molecule has 0 saturated heterocycles. The molecule has 5 heteroatoms. The van der Waals surface area contributed by atoms with Crippen molar-refractivity contribution in [2.24, 2.45) is 0 Å². The maximum absolute atomic E-state index is 12.4. The van der Waals surface area contributed by atoms with Crippen LogP contribution in [-0.4, -0.2) is 12.0 Å². The molecule has 15 heavy (non-hydrogen) atoms. The summed E-state index contributed by atoms with van der Waals surface area (Å²) in [7, 11) is 0. The van der Waals surface area contributed by atoms with E-state index in [1.165, 1.54) is 0 Å². The number of hydrogen-bond acceptors (Lipinski definition) is 1. The largest absolute Gasteiger partial charge is 0.419 e. The van der Waals surface area contributed by atoms with Crippen LogP contribution in [0.15, 0.2) is 36.4 Å². The number of carbonyl (C=O) groups is 1. The highest BCUT2D eigenvalue weighted by Gasteiger charge is 2.36. The summed E-state index contributed by atoms with van der Waals surface area (Å²) in [6.45, 7) is 2.66. The van der Waals surface area contributed by atoms with Gasteiger partial charge in [-0.3, -0.25) is 4.79 Å². The third-order valence-corrected chi connectivity index (χ3v) is 1.72. The number of Topliss-reactive ketones (excluding diaryl/α,β-unsaturated/α-hetero) is 1. The van der Waals surface area contributed by atoms with Gasteiger partial charge < -0.3 is 0 Å². The highest BCUT2D eigenvalue weighted by atomic mass is 19.4. The normalized spacial score (nSPS) is 11.2. The van der Waals surface area contributed by atoms with Gasteiger partial charge in [-0.15, -0.1) is 0 Å². The van der Waals surface area contributed by atoms with E-state index in [1.807, 2.05) is 0 Å². The minimum atomic E-state index is -4.76. The molecule has 0 aliphatic rings. The second-order valence-electron chi connectivity index (χ2n) is 2.81. The van der Waals surface area contributed by atoms with Gasteiger partial charge in [0.1, 0.15) is 5.82 Å². The Morgan fingerprint density at radius 1 is 1.13 bits per heavy atom. The summed E-state index contributed by atoms with van der Waals surface area (Å²) in [5.74, 6) is -1.87. The van der Waals surface area contributed by atoms with Gasteiger partial charge in [-0.2, -0.15) is 13.2 Å². The van der Waals surface area contributed by atoms with E-state index < -0.39 is 23.3 Å². The zero-order chi connectivity index (χ0) is 11.6. The number of halogens is 4. The molecule has 0 aliphatic heterocycles. The fourth-order valence-corrected chi connectivity index (χ4v) is 0.904. The first kappa shape index (κ1) is 11.4. The summed E-state index contributed by atoms with van der Waals surface area (Å²) in [5, 5.41) is 0. The van der Waals surface area contributed by atoms with Crippen molar-refractivity contribution in [1.82, 2.24) is 0 Å². The zero-order valence-corrected chi connectivity index (χ0v) is 7.44. The molecule has 0 saturated carbocycles. The zero-order valence-electron chi connectivity index (χ0n) is 7.44. The SMILES string of the molecule is C=C(C(=O)c1ccc(F)cc1)C(F)(F)F. The van der Waals surface area contributed by atoms with Crippen LogP contribution in [0, 0.1) is 5.82 Å². The second-order valence-corrected chi connectivity index (χ2v) is 2.81. The summed E-state index contributed by atoms with van der Waals surface area (Å²) in [4.78, 5) is 11.2. The molecular formula is C10H6F4O. The third-order valence-electron chi connectivity index (χ3n) is 1.72. The van der Waals surface area contributed by atoms with Gasteiger partial charge in [0.2, 0.25) is 0 Å². The van der Waals surface area contributed by atoms with Gasteiger partial charge in [-0.1, -0.05) is 6.58 Å². The highest BCUT2D eigenvalue weighted by Crippen LogP contribution is 2.26. The maximum atomic E-state index is 12.4. The Morgan fingerprint density at radius 2 is 1.60 bits per heavy atom. The Bertz CT molecular complexity index is 389. The van der Waals surface area contributed by atoms with Crippen LogP contribution >= 0.6 is 0 Å². The van der Waals surface area contributed by atoms with E-state index in [1.54, 1.807) is 0 Å². The summed E-state index contributed by atoms with van der Waals surface area (Å²) in [5.41, 5.74) is -1.70. The first-order chi connectivity index (χ1) is 6.82. The van der Waals surface area contributed by atoms with Crippen LogP contribution in [0.25, 0.3) is 0 Å². The summed E-state index contributed by atoms with van der Waals surface area (Å²) in [6.07, 6.45) is -4.76. The standard InChI is InChI=1S/C10H6F4O/c1-6(10(12,13)14)9(15)7-2-4-8(11)5-3-7/h2-5H,1H2. The first-order valence-corrected chi connectivity index (χ1v) is 3.88. The molecule has 0 unspecified atom stereocenters. The molecule has 1 rings (SSSR count). The molecule has 0 aliphatic carbocycles. The number of allylic oxidation sites excluding steroid dienone is 1. The Kier molecular flexibility index (Phi) is 2.93. The molecular weight excluding hydrogens is 212 g/mol. The van der Waals surface area contributed by atoms with Crippen LogP contribution in [0.4, 0.5) is 17.6 Å². The van der Waals surface area contributed by atoms with E-state index in [-0.39, 0.29) is 5.56 Å². The summed E-state index contributed by atoms with van der Waals surface area (Å²) >= 11 is 0. The smallest absolute Gasteiger partial charge is 0.289 e. The molecule has 0 radical (unpaired) electrons. The van der Waals surface area contributed by atoms with Crippen molar-refractivity contribution in [3.05, 3.63) is 47.8 Å². The number of carbonyl (C=O) groups excluding carboxylic acids is 1. The minimum Gasteiger partial charge on any atom is -0.289 e. The average Bonchev–Trinajstić information content (AvgIpc) is 2.15. The van der Waals surface area contributed by atoms with Gasteiger partial charge in [0, 0.05) is 5.56 Å². The van der Waals surface area contributed by atoms with E-state index in [2.05, 4.69) is 6.58 Å². The van der Waals surface area contributed by atoms with Gasteiger partial charge in [0.05, 0.1) is 5.57 Å². The lowest BCUT2D eigenvalue weighted by atomic mass is 10.0. The molecule has 80 valence electrons. The van der Waals surface area contributed by atoms with Gasteiger partial charge in [-0.05, 0) is 24.3 Å². The van der Waals surface area contributed by atoms with Crippen molar-refractivity contribution in [3.63, 3.8) is 0 Å². The Hall–Kier alpha value is -1.65. The lowest BCUT2D eigenvalue weighted by molar-refractivity contribution is -0.0883. The van der Waals surface area contributed by atoms with Crippen LogP contribution < -0.4 is 0 Å². The second kappa shape index (κ2) is 3.84. The quantitative estimate of drug-likeness (QED) is 0.423. The predicted octanol–water partition coefficient (Wildman–Crippen LogP) is 3.13. The topological polar surface area (TPSA) is 17.1 Å².